The van der Waals surface area contributed by atoms with Crippen LogP contribution in [0.5, 0.6) is 0 Å². The van der Waals surface area contributed by atoms with Crippen LogP contribution in [0.4, 0.5) is 0 Å². The Morgan fingerprint density at radius 3 is 2.26 bits per heavy atom. The fraction of sp³-hybridized carbons (Fsp3) is 0.800. The first kappa shape index (κ1) is 18.1. The molecular formula is C15H30N2O2. The third kappa shape index (κ3) is 8.01. The number of hydrogen-bond donors (Lipinski definition) is 3. The molecule has 1 amide bonds. The minimum absolute atomic E-state index is 0.105. The molecule has 2 atom stereocenters. The minimum Gasteiger partial charge on any atom is -0.387 e. The Morgan fingerprint density at radius 2 is 1.84 bits per heavy atom. The third-order valence-electron chi connectivity index (χ3n) is 2.90. The Morgan fingerprint density at radius 1 is 1.26 bits per heavy atom. The molecule has 0 heterocycles. The van der Waals surface area contributed by atoms with E-state index in [1.807, 2.05) is 20.8 Å². The molecule has 0 aromatic rings. The first-order valence-electron chi connectivity index (χ1n) is 7.20. The van der Waals surface area contributed by atoms with Gasteiger partial charge in [0.05, 0.1) is 6.10 Å². The number of amides is 1. The molecule has 4 heteroatoms. The van der Waals surface area contributed by atoms with Gasteiger partial charge in [-0.25, -0.2) is 0 Å². The number of carbonyl (C=O) groups excluding carboxylic acids is 1. The van der Waals surface area contributed by atoms with Gasteiger partial charge >= 0.3 is 0 Å². The van der Waals surface area contributed by atoms with Gasteiger partial charge in [0, 0.05) is 18.2 Å². The van der Waals surface area contributed by atoms with Crippen LogP contribution < -0.4 is 11.1 Å². The summed E-state index contributed by atoms with van der Waals surface area (Å²) in [5, 5.41) is 12.9. The van der Waals surface area contributed by atoms with Crippen LogP contribution in [0.3, 0.4) is 0 Å². The van der Waals surface area contributed by atoms with Crippen LogP contribution in [-0.4, -0.2) is 29.7 Å². The fourth-order valence-corrected chi connectivity index (χ4v) is 1.78. The van der Waals surface area contributed by atoms with Crippen molar-refractivity contribution in [3.8, 4) is 0 Å². The summed E-state index contributed by atoms with van der Waals surface area (Å²) in [5.41, 5.74) is 6.52. The topological polar surface area (TPSA) is 75.3 Å². The second kappa shape index (κ2) is 9.10. The molecule has 4 N–H and O–H groups in total. The van der Waals surface area contributed by atoms with Gasteiger partial charge in [0.15, 0.2) is 0 Å². The smallest absolute Gasteiger partial charge is 0.246 e. The van der Waals surface area contributed by atoms with E-state index in [9.17, 15) is 9.90 Å². The van der Waals surface area contributed by atoms with E-state index in [0.29, 0.717) is 30.4 Å². The molecular weight excluding hydrogens is 240 g/mol. The van der Waals surface area contributed by atoms with E-state index in [2.05, 4.69) is 19.2 Å². The molecule has 0 rings (SSSR count). The predicted molar refractivity (Wildman–Crippen MR) is 79.7 cm³/mol. The molecule has 0 saturated heterocycles. The molecule has 0 radical (unpaired) electrons. The second-order valence-electron chi connectivity index (χ2n) is 5.93. The second-order valence-corrected chi connectivity index (χ2v) is 5.93. The van der Waals surface area contributed by atoms with E-state index in [1.165, 1.54) is 0 Å². The molecule has 0 aliphatic carbocycles. The number of aliphatic hydroxyl groups excluding tert-OH is 1. The molecule has 0 fully saturated rings. The molecule has 0 aliphatic rings. The summed E-state index contributed by atoms with van der Waals surface area (Å²) in [7, 11) is 0. The van der Waals surface area contributed by atoms with Crippen LogP contribution in [0, 0.1) is 11.8 Å². The number of nitrogens with two attached hydrogens (primary N) is 1. The maximum Gasteiger partial charge on any atom is 0.246 e. The first-order valence-corrected chi connectivity index (χ1v) is 7.20. The van der Waals surface area contributed by atoms with E-state index >= 15 is 0 Å². The lowest BCUT2D eigenvalue weighted by Gasteiger charge is -2.19. The van der Waals surface area contributed by atoms with Crippen molar-refractivity contribution in [3.63, 3.8) is 0 Å². The molecule has 0 aliphatic heterocycles. The van der Waals surface area contributed by atoms with Crippen molar-refractivity contribution >= 4 is 5.91 Å². The highest BCUT2D eigenvalue weighted by Gasteiger charge is 2.16. The van der Waals surface area contributed by atoms with Gasteiger partial charge in [-0.1, -0.05) is 34.6 Å². The zero-order valence-corrected chi connectivity index (χ0v) is 12.9. The van der Waals surface area contributed by atoms with Crippen molar-refractivity contribution in [1.82, 2.24) is 5.32 Å². The lowest BCUT2D eigenvalue weighted by atomic mass is 9.98. The Labute approximate surface area is 117 Å². The summed E-state index contributed by atoms with van der Waals surface area (Å²) >= 11 is 0. The van der Waals surface area contributed by atoms with Gasteiger partial charge in [-0.15, -0.1) is 0 Å². The summed E-state index contributed by atoms with van der Waals surface area (Å²) in [6.45, 7) is 10.8. The van der Waals surface area contributed by atoms with Crippen molar-refractivity contribution in [2.45, 2.75) is 59.6 Å². The number of aliphatic hydroxyl groups is 1. The maximum absolute atomic E-state index is 11.9. The molecule has 0 spiro atoms. The molecule has 0 saturated carbocycles. The molecule has 0 aromatic carbocycles. The van der Waals surface area contributed by atoms with Crippen molar-refractivity contribution in [2.75, 3.05) is 6.54 Å². The Bertz CT molecular complexity index is 299. The van der Waals surface area contributed by atoms with Crippen LogP contribution in [0.1, 0.15) is 47.5 Å². The molecule has 4 nitrogen and oxygen atoms in total. The first-order chi connectivity index (χ1) is 8.77. The SMILES string of the molecule is CC/C(=C\[C@H](O)[C@@H](N)CC(C)C)C(=O)NCC(C)C. The zero-order valence-electron chi connectivity index (χ0n) is 12.9. The van der Waals surface area contributed by atoms with E-state index in [0.717, 1.165) is 6.42 Å². The lowest BCUT2D eigenvalue weighted by molar-refractivity contribution is -0.117. The largest absolute Gasteiger partial charge is 0.387 e. The average molecular weight is 270 g/mol. The van der Waals surface area contributed by atoms with E-state index in [1.54, 1.807) is 6.08 Å². The highest BCUT2D eigenvalue weighted by molar-refractivity contribution is 5.93. The lowest BCUT2D eigenvalue weighted by Crippen LogP contribution is -2.36. The molecule has 19 heavy (non-hydrogen) atoms. The van der Waals surface area contributed by atoms with E-state index in [4.69, 9.17) is 5.73 Å². The van der Waals surface area contributed by atoms with Gasteiger partial charge in [-0.2, -0.15) is 0 Å². The summed E-state index contributed by atoms with van der Waals surface area (Å²) in [4.78, 5) is 11.9. The van der Waals surface area contributed by atoms with Gasteiger partial charge in [-0.3, -0.25) is 4.79 Å². The monoisotopic (exact) mass is 270 g/mol. The van der Waals surface area contributed by atoms with Gasteiger partial charge in [-0.05, 0) is 30.8 Å². The summed E-state index contributed by atoms with van der Waals surface area (Å²) in [5.74, 6) is 0.736. The van der Waals surface area contributed by atoms with E-state index in [-0.39, 0.29) is 11.9 Å². The number of carbonyl (C=O) groups is 1. The minimum atomic E-state index is -0.762. The van der Waals surface area contributed by atoms with Crippen LogP contribution >= 0.6 is 0 Å². The quantitative estimate of drug-likeness (QED) is 0.589. The zero-order chi connectivity index (χ0) is 15.0. The van der Waals surface area contributed by atoms with Gasteiger partial charge in [0.2, 0.25) is 5.91 Å². The number of hydrogen-bond acceptors (Lipinski definition) is 3. The Kier molecular flexibility index (Phi) is 8.68. The summed E-state index contributed by atoms with van der Waals surface area (Å²) < 4.78 is 0. The molecule has 112 valence electrons. The van der Waals surface area contributed by atoms with Crippen LogP contribution in [0.2, 0.25) is 0 Å². The van der Waals surface area contributed by atoms with Gasteiger partial charge in [0.25, 0.3) is 0 Å². The van der Waals surface area contributed by atoms with Crippen molar-refractivity contribution in [1.29, 1.82) is 0 Å². The molecule has 0 unspecified atom stereocenters. The van der Waals surface area contributed by atoms with Crippen LogP contribution in [0.15, 0.2) is 11.6 Å². The van der Waals surface area contributed by atoms with Gasteiger partial charge in [0.1, 0.15) is 0 Å². The Hall–Kier alpha value is -0.870. The molecule has 0 aromatic heterocycles. The standard InChI is InChI=1S/C15H30N2O2/c1-6-12(15(19)17-9-11(4)5)8-14(18)13(16)7-10(2)3/h8,10-11,13-14,18H,6-7,9,16H2,1-5H3,(H,17,19)/b12-8+/t13-,14-/m0/s1. The van der Waals surface area contributed by atoms with Crippen molar-refractivity contribution in [3.05, 3.63) is 11.6 Å². The summed E-state index contributed by atoms with van der Waals surface area (Å²) in [6.07, 6.45) is 2.17. The average Bonchev–Trinajstić information content (AvgIpc) is 2.31. The van der Waals surface area contributed by atoms with Crippen LogP contribution in [0.25, 0.3) is 0 Å². The highest BCUT2D eigenvalue weighted by atomic mass is 16.3. The van der Waals surface area contributed by atoms with Gasteiger partial charge < -0.3 is 16.2 Å². The van der Waals surface area contributed by atoms with Crippen LogP contribution in [-0.2, 0) is 4.79 Å². The Balaban J connectivity index is 4.56. The number of nitrogens with one attached hydrogen (secondary N) is 1. The fourth-order valence-electron chi connectivity index (χ4n) is 1.78. The van der Waals surface area contributed by atoms with Crippen molar-refractivity contribution < 1.29 is 9.90 Å². The van der Waals surface area contributed by atoms with Crippen molar-refractivity contribution in [2.24, 2.45) is 17.6 Å². The third-order valence-corrected chi connectivity index (χ3v) is 2.90. The predicted octanol–water partition coefficient (Wildman–Crippen LogP) is 1.83. The number of rotatable bonds is 8. The maximum atomic E-state index is 11.9. The summed E-state index contributed by atoms with van der Waals surface area (Å²) in [6, 6.07) is -0.320. The molecule has 0 bridgehead atoms. The normalized spacial score (nSPS) is 15.7. The highest BCUT2D eigenvalue weighted by Crippen LogP contribution is 2.10. The van der Waals surface area contributed by atoms with E-state index < -0.39 is 6.10 Å².